The summed E-state index contributed by atoms with van der Waals surface area (Å²) in [5, 5.41) is 0.692. The molecule has 3 heteroatoms. The first-order valence-corrected chi connectivity index (χ1v) is 3.92. The van der Waals surface area contributed by atoms with Crippen LogP contribution in [0.25, 0.3) is 11.0 Å². The minimum atomic E-state index is -0.394. The largest absolute Gasteiger partial charge is 0.458 e. The van der Waals surface area contributed by atoms with Crippen LogP contribution in [0.2, 0.25) is 0 Å². The van der Waals surface area contributed by atoms with Gasteiger partial charge in [-0.25, -0.2) is 4.39 Å². The average Bonchev–Trinajstić information content (AvgIpc) is 2.49. The zero-order valence-electron chi connectivity index (χ0n) is 6.79. The first-order valence-electron chi connectivity index (χ1n) is 3.92. The zero-order valence-corrected chi connectivity index (χ0v) is 6.79. The highest BCUT2D eigenvalue weighted by Crippen LogP contribution is 2.21. The summed E-state index contributed by atoms with van der Waals surface area (Å²) in [5.41, 5.74) is 0.222. The van der Waals surface area contributed by atoms with Gasteiger partial charge in [-0.15, -0.1) is 0 Å². The summed E-state index contributed by atoms with van der Waals surface area (Å²) < 4.78 is 18.2. The maximum absolute atomic E-state index is 13.1. The molecular weight excluding hydrogens is 171 g/mol. The first kappa shape index (κ1) is 7.98. The van der Waals surface area contributed by atoms with Crippen molar-refractivity contribution in [2.75, 3.05) is 0 Å². The van der Waals surface area contributed by atoms with Gasteiger partial charge in [-0.2, -0.15) is 0 Å². The van der Waals surface area contributed by atoms with E-state index in [1.54, 1.807) is 18.2 Å². The highest BCUT2D eigenvalue weighted by atomic mass is 19.1. The van der Waals surface area contributed by atoms with Crippen molar-refractivity contribution in [2.45, 2.75) is 6.42 Å². The molecule has 1 aromatic heterocycles. The van der Waals surface area contributed by atoms with Gasteiger partial charge in [0.1, 0.15) is 12.0 Å². The standard InChI is InChI=1S/C10H7FO2/c11-9-3-1-2-7-6-8(4-5-12)13-10(7)9/h1-3,5-6H,4H2. The third-order valence-corrected chi connectivity index (χ3v) is 1.83. The maximum Gasteiger partial charge on any atom is 0.169 e. The summed E-state index contributed by atoms with van der Waals surface area (Å²) in [6, 6.07) is 6.36. The Morgan fingerprint density at radius 3 is 3.00 bits per heavy atom. The van der Waals surface area contributed by atoms with Crippen LogP contribution in [0, 0.1) is 5.82 Å². The van der Waals surface area contributed by atoms with Gasteiger partial charge in [0.05, 0.1) is 6.42 Å². The van der Waals surface area contributed by atoms with Crippen LogP contribution >= 0.6 is 0 Å². The lowest BCUT2D eigenvalue weighted by Gasteiger charge is -1.88. The molecule has 13 heavy (non-hydrogen) atoms. The summed E-state index contributed by atoms with van der Waals surface area (Å²) in [5.74, 6) is 0.102. The highest BCUT2D eigenvalue weighted by Gasteiger charge is 2.06. The van der Waals surface area contributed by atoms with Crippen molar-refractivity contribution in [1.82, 2.24) is 0 Å². The molecule has 0 fully saturated rings. The van der Waals surface area contributed by atoms with Gasteiger partial charge in [-0.05, 0) is 12.1 Å². The van der Waals surface area contributed by atoms with Crippen LogP contribution in [-0.2, 0) is 11.2 Å². The molecule has 2 nitrogen and oxygen atoms in total. The number of furan rings is 1. The van der Waals surface area contributed by atoms with Crippen molar-refractivity contribution in [3.8, 4) is 0 Å². The summed E-state index contributed by atoms with van der Waals surface area (Å²) >= 11 is 0. The lowest BCUT2D eigenvalue weighted by molar-refractivity contribution is -0.107. The second-order valence-corrected chi connectivity index (χ2v) is 2.74. The number of benzene rings is 1. The summed E-state index contributed by atoms with van der Waals surface area (Å²) in [7, 11) is 0. The molecule has 0 bridgehead atoms. The number of aldehydes is 1. The molecular formula is C10H7FO2. The van der Waals surface area contributed by atoms with E-state index in [2.05, 4.69) is 0 Å². The number of carbonyl (C=O) groups excluding carboxylic acids is 1. The Labute approximate surface area is 74.0 Å². The molecule has 1 aromatic carbocycles. The van der Waals surface area contributed by atoms with Gasteiger partial charge in [0.15, 0.2) is 11.4 Å². The molecule has 0 aliphatic carbocycles. The van der Waals surface area contributed by atoms with Crippen LogP contribution in [0.3, 0.4) is 0 Å². The quantitative estimate of drug-likeness (QED) is 0.660. The van der Waals surface area contributed by atoms with Crippen LogP contribution in [0.15, 0.2) is 28.7 Å². The van der Waals surface area contributed by atoms with Crippen LogP contribution in [0.4, 0.5) is 4.39 Å². The number of carbonyl (C=O) groups is 1. The minimum Gasteiger partial charge on any atom is -0.458 e. The number of para-hydroxylation sites is 1. The van der Waals surface area contributed by atoms with Crippen molar-refractivity contribution >= 4 is 17.3 Å². The van der Waals surface area contributed by atoms with E-state index in [1.165, 1.54) is 6.07 Å². The topological polar surface area (TPSA) is 30.2 Å². The van der Waals surface area contributed by atoms with Crippen LogP contribution in [0.5, 0.6) is 0 Å². The maximum atomic E-state index is 13.1. The van der Waals surface area contributed by atoms with Gasteiger partial charge >= 0.3 is 0 Å². The molecule has 1 heterocycles. The van der Waals surface area contributed by atoms with E-state index in [9.17, 15) is 9.18 Å². The van der Waals surface area contributed by atoms with E-state index in [0.29, 0.717) is 11.1 Å². The molecule has 0 atom stereocenters. The predicted molar refractivity (Wildman–Crippen MR) is 45.9 cm³/mol. The van der Waals surface area contributed by atoms with Gasteiger partial charge in [0.25, 0.3) is 0 Å². The third kappa shape index (κ3) is 1.33. The van der Waals surface area contributed by atoms with Crippen LogP contribution in [-0.4, -0.2) is 6.29 Å². The molecule has 0 radical (unpaired) electrons. The minimum absolute atomic E-state index is 0.189. The average molecular weight is 178 g/mol. The molecule has 0 aliphatic heterocycles. The van der Waals surface area contributed by atoms with Gasteiger partial charge < -0.3 is 9.21 Å². The van der Waals surface area contributed by atoms with Crippen molar-refractivity contribution in [3.63, 3.8) is 0 Å². The lowest BCUT2D eigenvalue weighted by Crippen LogP contribution is -1.78. The SMILES string of the molecule is O=CCc1cc2cccc(F)c2o1. The van der Waals surface area contributed by atoms with E-state index < -0.39 is 5.82 Å². The molecule has 0 unspecified atom stereocenters. The molecule has 0 spiro atoms. The van der Waals surface area contributed by atoms with Crippen LogP contribution in [0.1, 0.15) is 5.76 Å². The van der Waals surface area contributed by atoms with Crippen molar-refractivity contribution < 1.29 is 13.6 Å². The molecule has 2 rings (SSSR count). The fourth-order valence-corrected chi connectivity index (χ4v) is 1.26. The van der Waals surface area contributed by atoms with E-state index in [0.717, 1.165) is 6.29 Å². The smallest absolute Gasteiger partial charge is 0.169 e. The fraction of sp³-hybridized carbons (Fsp3) is 0.100. The predicted octanol–water partition coefficient (Wildman–Crippen LogP) is 2.31. The second kappa shape index (κ2) is 3.01. The molecule has 2 aromatic rings. The number of halogens is 1. The Balaban J connectivity index is 2.61. The van der Waals surface area contributed by atoms with E-state index >= 15 is 0 Å². The number of hydrogen-bond acceptors (Lipinski definition) is 2. The number of fused-ring (bicyclic) bond motifs is 1. The molecule has 0 N–H and O–H groups in total. The van der Waals surface area contributed by atoms with Gasteiger partial charge in [0, 0.05) is 5.39 Å². The Kier molecular flexibility index (Phi) is 1.85. The first-order chi connectivity index (χ1) is 6.31. The molecule has 0 saturated heterocycles. The summed E-state index contributed by atoms with van der Waals surface area (Å²) in [6.07, 6.45) is 0.920. The van der Waals surface area contributed by atoms with Crippen molar-refractivity contribution in [2.24, 2.45) is 0 Å². The Hall–Kier alpha value is -1.64. The molecule has 0 aliphatic rings. The Bertz CT molecular complexity index is 445. The summed E-state index contributed by atoms with van der Waals surface area (Å²) in [6.45, 7) is 0. The fourth-order valence-electron chi connectivity index (χ4n) is 1.26. The van der Waals surface area contributed by atoms with Gasteiger partial charge in [0.2, 0.25) is 0 Å². The number of rotatable bonds is 2. The van der Waals surface area contributed by atoms with Crippen molar-refractivity contribution in [1.29, 1.82) is 0 Å². The molecule has 66 valence electrons. The summed E-state index contributed by atoms with van der Waals surface area (Å²) in [4.78, 5) is 10.2. The van der Waals surface area contributed by atoms with Gasteiger partial charge in [-0.1, -0.05) is 12.1 Å². The van der Waals surface area contributed by atoms with E-state index in [4.69, 9.17) is 4.42 Å². The van der Waals surface area contributed by atoms with E-state index in [-0.39, 0.29) is 12.0 Å². The monoisotopic (exact) mass is 178 g/mol. The van der Waals surface area contributed by atoms with Crippen molar-refractivity contribution in [3.05, 3.63) is 35.8 Å². The normalized spacial score (nSPS) is 10.5. The Morgan fingerprint density at radius 1 is 1.46 bits per heavy atom. The highest BCUT2D eigenvalue weighted by molar-refractivity contribution is 5.79. The molecule has 0 saturated carbocycles. The third-order valence-electron chi connectivity index (χ3n) is 1.83. The Morgan fingerprint density at radius 2 is 2.31 bits per heavy atom. The van der Waals surface area contributed by atoms with Gasteiger partial charge in [-0.3, -0.25) is 0 Å². The lowest BCUT2D eigenvalue weighted by atomic mass is 10.2. The number of hydrogen-bond donors (Lipinski definition) is 0. The van der Waals surface area contributed by atoms with Crippen LogP contribution < -0.4 is 0 Å². The zero-order chi connectivity index (χ0) is 9.26. The second-order valence-electron chi connectivity index (χ2n) is 2.74. The van der Waals surface area contributed by atoms with E-state index in [1.807, 2.05) is 0 Å². The molecule has 0 amide bonds.